The maximum Gasteiger partial charge on any atom is 0.228 e. The fourth-order valence-corrected chi connectivity index (χ4v) is 6.32. The standard InChI is InChI=1S/C22H26Cl2N2O3S/c1-14-10-15(2)21(16(3)11-14)25-22(27)17-6-5-9-26(12-17)30(28,29)13-18-19(23)7-4-8-20(18)24/h4,7-8,10-11,17H,5-6,9,12-13H2,1-3H3,(H,25,27). The molecule has 0 saturated carbocycles. The van der Waals surface area contributed by atoms with Crippen molar-refractivity contribution < 1.29 is 13.2 Å². The molecule has 0 aromatic heterocycles. The van der Waals surface area contributed by atoms with Gasteiger partial charge in [0.05, 0.1) is 11.7 Å². The molecule has 3 rings (SSSR count). The van der Waals surface area contributed by atoms with E-state index in [1.807, 2.05) is 32.9 Å². The van der Waals surface area contributed by atoms with Gasteiger partial charge in [0.1, 0.15) is 0 Å². The third-order valence-corrected chi connectivity index (χ3v) is 7.94. The van der Waals surface area contributed by atoms with Crippen LogP contribution in [0, 0.1) is 26.7 Å². The molecule has 8 heteroatoms. The topological polar surface area (TPSA) is 66.5 Å². The SMILES string of the molecule is Cc1cc(C)c(NC(=O)C2CCCN(S(=O)(=O)Cc3c(Cl)cccc3Cl)C2)c(C)c1. The summed E-state index contributed by atoms with van der Waals surface area (Å²) in [6.07, 6.45) is 1.27. The lowest BCUT2D eigenvalue weighted by Crippen LogP contribution is -2.44. The van der Waals surface area contributed by atoms with Gasteiger partial charge in [-0.3, -0.25) is 4.79 Å². The molecule has 1 saturated heterocycles. The molecule has 1 atom stereocenters. The van der Waals surface area contributed by atoms with Gasteiger partial charge in [0.15, 0.2) is 0 Å². The van der Waals surface area contributed by atoms with Crippen LogP contribution in [0.1, 0.15) is 35.1 Å². The molecule has 162 valence electrons. The average Bonchev–Trinajstić information content (AvgIpc) is 2.67. The Bertz CT molecular complexity index is 1030. The number of carbonyl (C=O) groups excluding carboxylic acids is 1. The number of nitrogens with zero attached hydrogens (tertiary/aromatic N) is 1. The molecule has 5 nitrogen and oxygen atoms in total. The number of nitrogens with one attached hydrogen (secondary N) is 1. The number of aryl methyl sites for hydroxylation is 3. The number of anilines is 1. The number of amides is 1. The minimum absolute atomic E-state index is 0.152. The van der Waals surface area contributed by atoms with Gasteiger partial charge in [0, 0.05) is 34.4 Å². The van der Waals surface area contributed by atoms with Crippen molar-refractivity contribution in [3.8, 4) is 0 Å². The Morgan fingerprint density at radius 1 is 1.13 bits per heavy atom. The van der Waals surface area contributed by atoms with Gasteiger partial charge in [-0.2, -0.15) is 0 Å². The zero-order valence-corrected chi connectivity index (χ0v) is 19.7. The molecule has 1 aliphatic rings. The van der Waals surface area contributed by atoms with Crippen LogP contribution in [0.2, 0.25) is 10.0 Å². The number of piperidine rings is 1. The molecule has 1 aliphatic heterocycles. The zero-order chi connectivity index (χ0) is 22.1. The van der Waals surface area contributed by atoms with E-state index in [4.69, 9.17) is 23.2 Å². The highest BCUT2D eigenvalue weighted by Gasteiger charge is 2.33. The number of rotatable bonds is 5. The van der Waals surface area contributed by atoms with Crippen LogP contribution in [-0.4, -0.2) is 31.7 Å². The molecule has 30 heavy (non-hydrogen) atoms. The van der Waals surface area contributed by atoms with E-state index in [9.17, 15) is 13.2 Å². The molecule has 2 aromatic carbocycles. The summed E-state index contributed by atoms with van der Waals surface area (Å²) in [5.74, 6) is -0.841. The summed E-state index contributed by atoms with van der Waals surface area (Å²) in [5, 5.41) is 3.66. The van der Waals surface area contributed by atoms with Gasteiger partial charge in [0.2, 0.25) is 15.9 Å². The monoisotopic (exact) mass is 468 g/mol. The summed E-state index contributed by atoms with van der Waals surface area (Å²) in [6.45, 7) is 6.47. The Morgan fingerprint density at radius 2 is 1.73 bits per heavy atom. The molecular formula is C22H26Cl2N2O3S. The van der Waals surface area contributed by atoms with Gasteiger partial charge in [-0.15, -0.1) is 0 Å². The van der Waals surface area contributed by atoms with E-state index >= 15 is 0 Å². The highest BCUT2D eigenvalue weighted by Crippen LogP contribution is 2.30. The number of halogens is 2. The molecule has 1 fully saturated rings. The zero-order valence-electron chi connectivity index (χ0n) is 17.3. The summed E-state index contributed by atoms with van der Waals surface area (Å²) in [4.78, 5) is 12.9. The van der Waals surface area contributed by atoms with E-state index in [0.29, 0.717) is 35.0 Å². The normalized spacial score (nSPS) is 17.7. The predicted octanol–water partition coefficient (Wildman–Crippen LogP) is 5.10. The minimum Gasteiger partial charge on any atom is -0.325 e. The molecule has 1 N–H and O–H groups in total. The van der Waals surface area contributed by atoms with Crippen LogP contribution in [0.5, 0.6) is 0 Å². The van der Waals surface area contributed by atoms with Crippen LogP contribution in [-0.2, 0) is 20.6 Å². The van der Waals surface area contributed by atoms with E-state index < -0.39 is 15.9 Å². The summed E-state index contributed by atoms with van der Waals surface area (Å²) in [7, 11) is -3.66. The van der Waals surface area contributed by atoms with Crippen molar-refractivity contribution in [3.63, 3.8) is 0 Å². The van der Waals surface area contributed by atoms with E-state index in [1.54, 1.807) is 18.2 Å². The van der Waals surface area contributed by atoms with E-state index in [0.717, 1.165) is 22.4 Å². The van der Waals surface area contributed by atoms with Crippen LogP contribution in [0.15, 0.2) is 30.3 Å². The molecule has 0 aliphatic carbocycles. The maximum absolute atomic E-state index is 13.0. The highest BCUT2D eigenvalue weighted by molar-refractivity contribution is 7.88. The third kappa shape index (κ3) is 5.17. The minimum atomic E-state index is -3.66. The first-order valence-electron chi connectivity index (χ1n) is 9.88. The largest absolute Gasteiger partial charge is 0.325 e. The van der Waals surface area contributed by atoms with Gasteiger partial charge in [-0.25, -0.2) is 12.7 Å². The molecule has 0 bridgehead atoms. The van der Waals surface area contributed by atoms with Gasteiger partial charge in [-0.05, 0) is 56.9 Å². The molecule has 2 aromatic rings. The lowest BCUT2D eigenvalue weighted by molar-refractivity contribution is -0.120. The lowest BCUT2D eigenvalue weighted by atomic mass is 9.98. The predicted molar refractivity (Wildman–Crippen MR) is 123 cm³/mol. The van der Waals surface area contributed by atoms with Crippen LogP contribution < -0.4 is 5.32 Å². The Balaban J connectivity index is 1.74. The first kappa shape index (κ1) is 23.1. The van der Waals surface area contributed by atoms with E-state index in [2.05, 4.69) is 5.32 Å². The van der Waals surface area contributed by atoms with Crippen molar-refractivity contribution in [1.29, 1.82) is 0 Å². The number of hydrogen-bond donors (Lipinski definition) is 1. The summed E-state index contributed by atoms with van der Waals surface area (Å²) >= 11 is 12.3. The van der Waals surface area contributed by atoms with Crippen LogP contribution in [0.3, 0.4) is 0 Å². The average molecular weight is 469 g/mol. The lowest BCUT2D eigenvalue weighted by Gasteiger charge is -2.31. The van der Waals surface area contributed by atoms with Crippen molar-refractivity contribution in [2.75, 3.05) is 18.4 Å². The van der Waals surface area contributed by atoms with Crippen LogP contribution in [0.4, 0.5) is 5.69 Å². The Hall–Kier alpha value is -1.60. The quantitative estimate of drug-likeness (QED) is 0.663. The van der Waals surface area contributed by atoms with Crippen molar-refractivity contribution in [1.82, 2.24) is 4.31 Å². The number of sulfonamides is 1. The molecule has 1 unspecified atom stereocenters. The van der Waals surface area contributed by atoms with E-state index in [-0.39, 0.29) is 18.2 Å². The molecular weight excluding hydrogens is 443 g/mol. The van der Waals surface area contributed by atoms with Gasteiger partial charge in [-0.1, -0.05) is 47.0 Å². The first-order valence-corrected chi connectivity index (χ1v) is 12.2. The van der Waals surface area contributed by atoms with Crippen molar-refractivity contribution in [3.05, 3.63) is 62.6 Å². The second-order valence-electron chi connectivity index (χ2n) is 7.92. The van der Waals surface area contributed by atoms with Gasteiger partial charge < -0.3 is 5.32 Å². The molecule has 0 spiro atoms. The van der Waals surface area contributed by atoms with Gasteiger partial charge in [0.25, 0.3) is 0 Å². The molecule has 0 radical (unpaired) electrons. The fourth-order valence-electron chi connectivity index (χ4n) is 3.96. The summed E-state index contributed by atoms with van der Waals surface area (Å²) in [6, 6.07) is 8.96. The van der Waals surface area contributed by atoms with Crippen molar-refractivity contribution in [2.24, 2.45) is 5.92 Å². The van der Waals surface area contributed by atoms with E-state index in [1.165, 1.54) is 4.31 Å². The second kappa shape index (κ2) is 9.27. The summed E-state index contributed by atoms with van der Waals surface area (Å²) < 4.78 is 27.4. The van der Waals surface area contributed by atoms with Crippen molar-refractivity contribution >= 4 is 44.8 Å². The van der Waals surface area contributed by atoms with Gasteiger partial charge >= 0.3 is 0 Å². The Kier molecular flexibility index (Phi) is 7.13. The Morgan fingerprint density at radius 3 is 2.33 bits per heavy atom. The summed E-state index contributed by atoms with van der Waals surface area (Å²) in [5.41, 5.74) is 4.31. The maximum atomic E-state index is 13.0. The molecule has 1 amide bonds. The first-order chi connectivity index (χ1) is 14.1. The molecule has 1 heterocycles. The second-order valence-corrected chi connectivity index (χ2v) is 10.7. The smallest absolute Gasteiger partial charge is 0.228 e. The number of carbonyl (C=O) groups is 1. The Labute approximate surface area is 188 Å². The van der Waals surface area contributed by atoms with Crippen LogP contribution >= 0.6 is 23.2 Å². The third-order valence-electron chi connectivity index (χ3n) is 5.46. The highest BCUT2D eigenvalue weighted by atomic mass is 35.5. The fraction of sp³-hybridized carbons (Fsp3) is 0.409. The number of hydrogen-bond acceptors (Lipinski definition) is 3. The van der Waals surface area contributed by atoms with Crippen molar-refractivity contribution in [2.45, 2.75) is 39.4 Å². The number of benzene rings is 2. The van der Waals surface area contributed by atoms with Crippen LogP contribution in [0.25, 0.3) is 0 Å².